The monoisotopic (exact) mass is 263 g/mol. The number of aryl methyl sites for hydroxylation is 2. The van der Waals surface area contributed by atoms with Crippen LogP contribution in [0.2, 0.25) is 0 Å². The number of aliphatic hydroxyl groups is 1. The van der Waals surface area contributed by atoms with Crippen LogP contribution >= 0.6 is 0 Å². The molecule has 0 saturated heterocycles. The molecule has 2 nitrogen and oxygen atoms in total. The molecule has 0 amide bonds. The molecule has 1 aromatic heterocycles. The average Bonchev–Trinajstić information content (AvgIpc) is 2.43. The summed E-state index contributed by atoms with van der Waals surface area (Å²) in [4.78, 5) is 3.96. The molecule has 1 heterocycles. The minimum atomic E-state index is -1.02. The number of pyridine rings is 1. The van der Waals surface area contributed by atoms with Crippen LogP contribution in [0, 0.1) is 18.6 Å². The molecular weight excluding hydrogens is 248 g/mol. The van der Waals surface area contributed by atoms with E-state index >= 15 is 0 Å². The van der Waals surface area contributed by atoms with Crippen molar-refractivity contribution in [3.63, 3.8) is 0 Å². The minimum Gasteiger partial charge on any atom is -0.388 e. The molecule has 0 aliphatic carbocycles. The van der Waals surface area contributed by atoms with E-state index in [0.717, 1.165) is 5.56 Å². The number of hydrogen-bond donors (Lipinski definition) is 1. The first-order chi connectivity index (χ1) is 9.09. The van der Waals surface area contributed by atoms with Crippen LogP contribution in [0.3, 0.4) is 0 Å². The van der Waals surface area contributed by atoms with E-state index in [1.54, 1.807) is 18.5 Å². The molecule has 0 radical (unpaired) electrons. The first-order valence-corrected chi connectivity index (χ1v) is 6.11. The summed E-state index contributed by atoms with van der Waals surface area (Å²) in [6.07, 6.45) is 3.22. The summed E-state index contributed by atoms with van der Waals surface area (Å²) < 4.78 is 27.1. The maximum absolute atomic E-state index is 13.7. The topological polar surface area (TPSA) is 33.1 Å². The van der Waals surface area contributed by atoms with Gasteiger partial charge in [0.05, 0.1) is 6.10 Å². The first-order valence-electron chi connectivity index (χ1n) is 6.11. The molecule has 0 spiro atoms. The lowest BCUT2D eigenvalue weighted by Crippen LogP contribution is -2.05. The second-order valence-electron chi connectivity index (χ2n) is 4.52. The van der Waals surface area contributed by atoms with Gasteiger partial charge >= 0.3 is 0 Å². The zero-order valence-electron chi connectivity index (χ0n) is 10.6. The van der Waals surface area contributed by atoms with Crippen molar-refractivity contribution in [1.29, 1.82) is 0 Å². The third kappa shape index (κ3) is 3.15. The van der Waals surface area contributed by atoms with E-state index < -0.39 is 17.7 Å². The predicted molar refractivity (Wildman–Crippen MR) is 68.6 cm³/mol. The predicted octanol–water partition coefficient (Wildman–Crippen LogP) is 3.33. The number of benzene rings is 1. The fourth-order valence-electron chi connectivity index (χ4n) is 1.92. The van der Waals surface area contributed by atoms with Gasteiger partial charge in [-0.1, -0.05) is 18.2 Å². The van der Waals surface area contributed by atoms with Gasteiger partial charge in [0.15, 0.2) is 11.6 Å². The molecule has 2 aromatic rings. The van der Waals surface area contributed by atoms with Crippen LogP contribution < -0.4 is 0 Å². The minimum absolute atomic E-state index is 0.00647. The molecule has 0 aliphatic heterocycles. The molecule has 2 rings (SSSR count). The van der Waals surface area contributed by atoms with Crippen LogP contribution in [-0.4, -0.2) is 10.1 Å². The highest BCUT2D eigenvalue weighted by atomic mass is 19.2. The summed E-state index contributed by atoms with van der Waals surface area (Å²) in [6, 6.07) is 6.59. The van der Waals surface area contributed by atoms with Crippen LogP contribution in [0.15, 0.2) is 36.7 Å². The number of aliphatic hydroxyl groups excluding tert-OH is 1. The normalized spacial score (nSPS) is 12.4. The lowest BCUT2D eigenvalue weighted by molar-refractivity contribution is 0.162. The van der Waals surface area contributed by atoms with Crippen molar-refractivity contribution in [3.05, 3.63) is 65.0 Å². The number of nitrogens with zero attached hydrogens (tertiary/aromatic N) is 1. The first kappa shape index (κ1) is 13.6. The highest BCUT2D eigenvalue weighted by Gasteiger charge is 2.17. The van der Waals surface area contributed by atoms with E-state index in [4.69, 9.17) is 0 Å². The Morgan fingerprint density at radius 3 is 2.68 bits per heavy atom. The van der Waals surface area contributed by atoms with Crippen molar-refractivity contribution < 1.29 is 13.9 Å². The number of halogens is 2. The second kappa shape index (κ2) is 5.89. The van der Waals surface area contributed by atoms with Crippen molar-refractivity contribution in [2.75, 3.05) is 0 Å². The molecule has 4 heteroatoms. The Morgan fingerprint density at radius 1 is 1.21 bits per heavy atom. The van der Waals surface area contributed by atoms with Gasteiger partial charge in [-0.3, -0.25) is 4.98 Å². The van der Waals surface area contributed by atoms with Crippen LogP contribution in [0.1, 0.15) is 29.2 Å². The van der Waals surface area contributed by atoms with Crippen molar-refractivity contribution in [2.45, 2.75) is 25.9 Å². The summed E-state index contributed by atoms with van der Waals surface area (Å²) in [5, 5.41) is 9.95. The van der Waals surface area contributed by atoms with Gasteiger partial charge in [0.2, 0.25) is 0 Å². The van der Waals surface area contributed by atoms with Gasteiger partial charge in [0.25, 0.3) is 0 Å². The van der Waals surface area contributed by atoms with Crippen LogP contribution in [-0.2, 0) is 6.42 Å². The summed E-state index contributed by atoms with van der Waals surface area (Å²) in [7, 11) is 0. The summed E-state index contributed by atoms with van der Waals surface area (Å²) in [6.45, 7) is 1.49. The molecule has 1 atom stereocenters. The standard InChI is InChI=1S/C15H15F2NO/c1-10-4-6-12(15(17)14(10)16)13(19)7-5-11-3-2-8-18-9-11/h2-4,6,8-9,13,19H,5,7H2,1H3. The van der Waals surface area contributed by atoms with Gasteiger partial charge in [-0.2, -0.15) is 0 Å². The number of rotatable bonds is 4. The number of hydrogen-bond acceptors (Lipinski definition) is 2. The highest BCUT2D eigenvalue weighted by Crippen LogP contribution is 2.24. The smallest absolute Gasteiger partial charge is 0.164 e. The fraction of sp³-hybridized carbons (Fsp3) is 0.267. The molecule has 100 valence electrons. The van der Waals surface area contributed by atoms with E-state index in [9.17, 15) is 13.9 Å². The number of aromatic nitrogens is 1. The lowest BCUT2D eigenvalue weighted by Gasteiger charge is -2.13. The molecule has 19 heavy (non-hydrogen) atoms. The highest BCUT2D eigenvalue weighted by molar-refractivity contribution is 5.27. The average molecular weight is 263 g/mol. The third-order valence-electron chi connectivity index (χ3n) is 3.09. The van der Waals surface area contributed by atoms with Gasteiger partial charge in [0.1, 0.15) is 0 Å². The Bertz CT molecular complexity index is 558. The Labute approximate surface area is 110 Å². The molecule has 0 fully saturated rings. The molecular formula is C15H15F2NO. The molecule has 0 saturated carbocycles. The van der Waals surface area contributed by atoms with E-state index in [-0.39, 0.29) is 11.1 Å². The molecule has 1 aromatic carbocycles. The summed E-state index contributed by atoms with van der Waals surface area (Å²) in [5.41, 5.74) is 1.20. The quantitative estimate of drug-likeness (QED) is 0.917. The lowest BCUT2D eigenvalue weighted by atomic mass is 10.0. The zero-order chi connectivity index (χ0) is 13.8. The summed E-state index contributed by atoms with van der Waals surface area (Å²) in [5.74, 6) is -1.85. The maximum Gasteiger partial charge on any atom is 0.164 e. The van der Waals surface area contributed by atoms with Gasteiger partial charge in [-0.25, -0.2) is 8.78 Å². The Balaban J connectivity index is 2.08. The Kier molecular flexibility index (Phi) is 4.22. The van der Waals surface area contributed by atoms with Gasteiger partial charge in [0, 0.05) is 18.0 Å². The Morgan fingerprint density at radius 2 is 2.00 bits per heavy atom. The largest absolute Gasteiger partial charge is 0.388 e. The Hall–Kier alpha value is -1.81. The van der Waals surface area contributed by atoms with Gasteiger partial charge < -0.3 is 5.11 Å². The molecule has 0 aliphatic rings. The fourth-order valence-corrected chi connectivity index (χ4v) is 1.92. The van der Waals surface area contributed by atoms with Gasteiger partial charge in [-0.15, -0.1) is 0 Å². The van der Waals surface area contributed by atoms with E-state index in [1.807, 2.05) is 6.07 Å². The van der Waals surface area contributed by atoms with E-state index in [0.29, 0.717) is 12.8 Å². The van der Waals surface area contributed by atoms with Crippen LogP contribution in [0.5, 0.6) is 0 Å². The van der Waals surface area contributed by atoms with Crippen LogP contribution in [0.25, 0.3) is 0 Å². The van der Waals surface area contributed by atoms with Crippen molar-refractivity contribution in [2.24, 2.45) is 0 Å². The third-order valence-corrected chi connectivity index (χ3v) is 3.09. The SMILES string of the molecule is Cc1ccc(C(O)CCc2cccnc2)c(F)c1F. The molecule has 0 bridgehead atoms. The maximum atomic E-state index is 13.7. The van der Waals surface area contributed by atoms with Gasteiger partial charge in [-0.05, 0) is 37.0 Å². The van der Waals surface area contributed by atoms with Crippen molar-refractivity contribution in [3.8, 4) is 0 Å². The molecule has 1 N–H and O–H groups in total. The van der Waals surface area contributed by atoms with Crippen molar-refractivity contribution in [1.82, 2.24) is 4.98 Å². The second-order valence-corrected chi connectivity index (χ2v) is 4.52. The summed E-state index contributed by atoms with van der Waals surface area (Å²) >= 11 is 0. The van der Waals surface area contributed by atoms with Crippen LogP contribution in [0.4, 0.5) is 8.78 Å². The molecule has 1 unspecified atom stereocenters. The zero-order valence-corrected chi connectivity index (χ0v) is 10.6. The van der Waals surface area contributed by atoms with E-state index in [2.05, 4.69) is 4.98 Å². The van der Waals surface area contributed by atoms with Crippen molar-refractivity contribution >= 4 is 0 Å². The van der Waals surface area contributed by atoms with E-state index in [1.165, 1.54) is 19.1 Å².